The Bertz CT molecular complexity index is 443. The Morgan fingerprint density at radius 2 is 1.94 bits per heavy atom. The highest BCUT2D eigenvalue weighted by molar-refractivity contribution is 5.30. The summed E-state index contributed by atoms with van der Waals surface area (Å²) in [4.78, 5) is 0. The molecule has 1 aliphatic rings. The zero-order chi connectivity index (χ0) is 13.6. The molecule has 0 bridgehead atoms. The average molecular weight is 262 g/mol. The topological polar surface area (TPSA) is 20.2 Å². The van der Waals surface area contributed by atoms with Crippen LogP contribution in [0.2, 0.25) is 0 Å². The summed E-state index contributed by atoms with van der Waals surface area (Å²) in [6.45, 7) is 1.58. The van der Waals surface area contributed by atoms with E-state index in [2.05, 4.69) is 0 Å². The Hall–Kier alpha value is -1.10. The minimum absolute atomic E-state index is 0.254. The molecule has 3 unspecified atom stereocenters. The van der Waals surface area contributed by atoms with E-state index in [0.717, 1.165) is 0 Å². The van der Waals surface area contributed by atoms with Gasteiger partial charge in [-0.25, -0.2) is 4.39 Å². The molecule has 0 radical (unpaired) electrons. The molecule has 1 saturated carbocycles. The predicted octanol–water partition coefficient (Wildman–Crippen LogP) is 3.42. The van der Waals surface area contributed by atoms with Crippen LogP contribution >= 0.6 is 0 Å². The van der Waals surface area contributed by atoms with Gasteiger partial charge < -0.3 is 5.11 Å². The molecule has 0 aromatic heterocycles. The molecule has 1 aliphatic carbocycles. The molecule has 1 fully saturated rings. The zero-order valence-corrected chi connectivity index (χ0v) is 9.84. The van der Waals surface area contributed by atoms with Crippen LogP contribution in [-0.4, -0.2) is 17.4 Å². The summed E-state index contributed by atoms with van der Waals surface area (Å²) in [6.07, 6.45) is -6.34. The number of halogens is 4. The summed E-state index contributed by atoms with van der Waals surface area (Å²) in [6, 6.07) is 5.82. The Morgan fingerprint density at radius 1 is 1.33 bits per heavy atom. The SMILES string of the molecule is CC1(c2ccccc2F)CCC1C(O)C(F)(F)F. The van der Waals surface area contributed by atoms with E-state index in [4.69, 9.17) is 0 Å². The van der Waals surface area contributed by atoms with E-state index in [1.807, 2.05) is 0 Å². The number of alkyl halides is 3. The van der Waals surface area contributed by atoms with Crippen molar-refractivity contribution in [2.45, 2.75) is 37.5 Å². The third-order valence-electron chi connectivity index (χ3n) is 4.00. The lowest BCUT2D eigenvalue weighted by Crippen LogP contribution is -2.53. The van der Waals surface area contributed by atoms with E-state index in [1.54, 1.807) is 13.0 Å². The van der Waals surface area contributed by atoms with Crippen LogP contribution in [0.5, 0.6) is 0 Å². The van der Waals surface area contributed by atoms with Crippen LogP contribution in [0.1, 0.15) is 25.3 Å². The molecule has 2 rings (SSSR count). The lowest BCUT2D eigenvalue weighted by molar-refractivity contribution is -0.237. The molecule has 0 saturated heterocycles. The largest absolute Gasteiger partial charge is 0.414 e. The minimum Gasteiger partial charge on any atom is -0.383 e. The number of rotatable bonds is 2. The molecule has 100 valence electrons. The van der Waals surface area contributed by atoms with E-state index in [0.29, 0.717) is 6.42 Å². The maximum absolute atomic E-state index is 13.7. The Kier molecular flexibility index (Phi) is 3.13. The fourth-order valence-corrected chi connectivity index (χ4v) is 2.74. The van der Waals surface area contributed by atoms with E-state index in [-0.39, 0.29) is 12.0 Å². The molecule has 1 nitrogen and oxygen atoms in total. The smallest absolute Gasteiger partial charge is 0.383 e. The van der Waals surface area contributed by atoms with Crippen molar-refractivity contribution in [1.82, 2.24) is 0 Å². The van der Waals surface area contributed by atoms with Crippen LogP contribution in [0.15, 0.2) is 24.3 Å². The normalized spacial score (nSPS) is 29.8. The number of hydrogen-bond acceptors (Lipinski definition) is 1. The molecule has 0 amide bonds. The fraction of sp³-hybridized carbons (Fsp3) is 0.538. The van der Waals surface area contributed by atoms with Crippen LogP contribution in [0, 0.1) is 11.7 Å². The first-order valence-corrected chi connectivity index (χ1v) is 5.76. The summed E-state index contributed by atoms with van der Waals surface area (Å²) in [5, 5.41) is 9.35. The molecule has 1 aromatic carbocycles. The second kappa shape index (κ2) is 4.23. The monoisotopic (exact) mass is 262 g/mol. The van der Waals surface area contributed by atoms with Gasteiger partial charge in [-0.05, 0) is 24.5 Å². The summed E-state index contributed by atoms with van der Waals surface area (Å²) in [7, 11) is 0. The highest BCUT2D eigenvalue weighted by Gasteiger charge is 2.56. The van der Waals surface area contributed by atoms with Gasteiger partial charge >= 0.3 is 6.18 Å². The molecular weight excluding hydrogens is 248 g/mol. The standard InChI is InChI=1S/C13H14F4O/c1-12(8-4-2-3-5-10(8)14)7-6-9(12)11(18)13(15,16)17/h2-5,9,11,18H,6-7H2,1H3. The first kappa shape index (κ1) is 13.3. The molecule has 3 atom stereocenters. The molecule has 0 aliphatic heterocycles. The van der Waals surface area contributed by atoms with Gasteiger partial charge in [0, 0.05) is 11.3 Å². The van der Waals surface area contributed by atoms with E-state index < -0.39 is 29.4 Å². The molecular formula is C13H14F4O. The van der Waals surface area contributed by atoms with Gasteiger partial charge in [0.2, 0.25) is 0 Å². The third kappa shape index (κ3) is 2.00. The van der Waals surface area contributed by atoms with Gasteiger partial charge in [-0.1, -0.05) is 25.1 Å². The van der Waals surface area contributed by atoms with Gasteiger partial charge in [-0.3, -0.25) is 0 Å². The Morgan fingerprint density at radius 3 is 2.39 bits per heavy atom. The first-order valence-electron chi connectivity index (χ1n) is 5.76. The maximum atomic E-state index is 13.7. The fourth-order valence-electron chi connectivity index (χ4n) is 2.74. The van der Waals surface area contributed by atoms with Crippen molar-refractivity contribution >= 4 is 0 Å². The van der Waals surface area contributed by atoms with Crippen molar-refractivity contribution in [2.24, 2.45) is 5.92 Å². The van der Waals surface area contributed by atoms with Crippen molar-refractivity contribution in [3.8, 4) is 0 Å². The van der Waals surface area contributed by atoms with Crippen molar-refractivity contribution in [3.63, 3.8) is 0 Å². The lowest BCUT2D eigenvalue weighted by atomic mass is 9.56. The Balaban J connectivity index is 2.31. The van der Waals surface area contributed by atoms with Crippen molar-refractivity contribution in [2.75, 3.05) is 0 Å². The van der Waals surface area contributed by atoms with Gasteiger partial charge in [0.15, 0.2) is 6.10 Å². The number of benzene rings is 1. The van der Waals surface area contributed by atoms with E-state index >= 15 is 0 Å². The number of aliphatic hydroxyl groups excluding tert-OH is 1. The first-order chi connectivity index (χ1) is 8.27. The zero-order valence-electron chi connectivity index (χ0n) is 9.84. The molecule has 1 N–H and O–H groups in total. The highest BCUT2D eigenvalue weighted by atomic mass is 19.4. The van der Waals surface area contributed by atoms with Crippen LogP contribution in [0.4, 0.5) is 17.6 Å². The Labute approximate surface area is 102 Å². The molecule has 18 heavy (non-hydrogen) atoms. The maximum Gasteiger partial charge on any atom is 0.414 e. The summed E-state index contributed by atoms with van der Waals surface area (Å²) in [5.41, 5.74) is -0.690. The summed E-state index contributed by atoms with van der Waals surface area (Å²) in [5.74, 6) is -1.49. The van der Waals surface area contributed by atoms with Crippen LogP contribution in [0.25, 0.3) is 0 Å². The average Bonchev–Trinajstić information content (AvgIpc) is 2.26. The van der Waals surface area contributed by atoms with Gasteiger partial charge in [-0.15, -0.1) is 0 Å². The second-order valence-electron chi connectivity index (χ2n) is 5.03. The predicted molar refractivity (Wildman–Crippen MR) is 58.5 cm³/mol. The van der Waals surface area contributed by atoms with Gasteiger partial charge in [0.25, 0.3) is 0 Å². The molecule has 0 heterocycles. The third-order valence-corrected chi connectivity index (χ3v) is 4.00. The quantitative estimate of drug-likeness (QED) is 0.810. The van der Waals surface area contributed by atoms with Crippen LogP contribution < -0.4 is 0 Å². The van der Waals surface area contributed by atoms with Crippen LogP contribution in [0.3, 0.4) is 0 Å². The van der Waals surface area contributed by atoms with Gasteiger partial charge in [-0.2, -0.15) is 13.2 Å². The second-order valence-corrected chi connectivity index (χ2v) is 5.03. The van der Waals surface area contributed by atoms with E-state index in [9.17, 15) is 22.7 Å². The summed E-state index contributed by atoms with van der Waals surface area (Å²) >= 11 is 0. The van der Waals surface area contributed by atoms with Gasteiger partial charge in [0.1, 0.15) is 5.82 Å². The minimum atomic E-state index is -4.66. The molecule has 1 aromatic rings. The van der Waals surface area contributed by atoms with Crippen molar-refractivity contribution in [1.29, 1.82) is 0 Å². The van der Waals surface area contributed by atoms with Crippen LogP contribution in [-0.2, 0) is 5.41 Å². The van der Waals surface area contributed by atoms with E-state index in [1.165, 1.54) is 18.2 Å². The number of aliphatic hydroxyl groups is 1. The van der Waals surface area contributed by atoms with Crippen molar-refractivity contribution < 1.29 is 22.7 Å². The number of hydrogen-bond donors (Lipinski definition) is 1. The van der Waals surface area contributed by atoms with Gasteiger partial charge in [0.05, 0.1) is 0 Å². The summed E-state index contributed by atoms with van der Waals surface area (Å²) < 4.78 is 51.3. The van der Waals surface area contributed by atoms with Crippen molar-refractivity contribution in [3.05, 3.63) is 35.6 Å². The molecule has 0 spiro atoms. The molecule has 5 heteroatoms. The lowest BCUT2D eigenvalue weighted by Gasteiger charge is -2.50. The highest BCUT2D eigenvalue weighted by Crippen LogP contribution is 2.53.